The molecule has 18 heavy (non-hydrogen) atoms. The lowest BCUT2D eigenvalue weighted by molar-refractivity contribution is -0.138. The van der Waals surface area contributed by atoms with Gasteiger partial charge < -0.3 is 24.8 Å². The number of carbonyl (C=O) groups is 2. The van der Waals surface area contributed by atoms with Crippen molar-refractivity contribution in [1.82, 2.24) is 0 Å². The number of aliphatic hydroxyl groups excluding tert-OH is 3. The molecule has 0 aromatic heterocycles. The van der Waals surface area contributed by atoms with Crippen molar-refractivity contribution < 1.29 is 34.4 Å². The van der Waals surface area contributed by atoms with Crippen molar-refractivity contribution in [3.05, 3.63) is 25.3 Å². The van der Waals surface area contributed by atoms with Gasteiger partial charge in [-0.3, -0.25) is 0 Å². The molecule has 0 saturated carbocycles. The Morgan fingerprint density at radius 1 is 1.00 bits per heavy atom. The van der Waals surface area contributed by atoms with Crippen LogP contribution in [-0.2, 0) is 19.1 Å². The summed E-state index contributed by atoms with van der Waals surface area (Å²) in [6.45, 7) is 5.97. The van der Waals surface area contributed by atoms with Crippen LogP contribution in [-0.4, -0.2) is 60.8 Å². The molecule has 0 spiro atoms. The lowest BCUT2D eigenvalue weighted by Crippen LogP contribution is -2.04. The highest BCUT2D eigenvalue weighted by Gasteiger charge is 1.90. The number of ether oxygens (including phenoxy) is 2. The van der Waals surface area contributed by atoms with Crippen LogP contribution in [0.5, 0.6) is 0 Å². The molecule has 0 aromatic rings. The number of carbonyl (C=O) groups excluding carboxylic acids is 2. The normalized spacial score (nSPS) is 7.56. The molecule has 7 nitrogen and oxygen atoms in total. The van der Waals surface area contributed by atoms with Gasteiger partial charge in [0.15, 0.2) is 0 Å². The van der Waals surface area contributed by atoms with Crippen LogP contribution in [0.3, 0.4) is 0 Å². The summed E-state index contributed by atoms with van der Waals surface area (Å²) >= 11 is 0. The highest BCUT2D eigenvalue weighted by molar-refractivity contribution is 5.81. The molecule has 0 aliphatic heterocycles. The molecule has 106 valence electrons. The van der Waals surface area contributed by atoms with Crippen LogP contribution in [0, 0.1) is 0 Å². The minimum atomic E-state index is -0.501. The van der Waals surface area contributed by atoms with Crippen LogP contribution < -0.4 is 0 Å². The quantitative estimate of drug-likeness (QED) is 0.432. The Balaban J connectivity index is -0.000000200. The molecule has 0 atom stereocenters. The van der Waals surface area contributed by atoms with E-state index in [0.29, 0.717) is 0 Å². The van der Waals surface area contributed by atoms with E-state index in [9.17, 15) is 9.59 Å². The Bertz CT molecular complexity index is 223. The zero-order chi connectivity index (χ0) is 14.8. The Labute approximate surface area is 106 Å². The molecule has 0 bridgehead atoms. The average Bonchev–Trinajstić information content (AvgIpc) is 2.44. The van der Waals surface area contributed by atoms with Crippen molar-refractivity contribution in [2.24, 2.45) is 0 Å². The van der Waals surface area contributed by atoms with Crippen LogP contribution >= 0.6 is 0 Å². The first kappa shape index (κ1) is 21.6. The largest absolute Gasteiger partial charge is 0.466 e. The molecule has 0 aliphatic carbocycles. The van der Waals surface area contributed by atoms with Crippen molar-refractivity contribution in [3.63, 3.8) is 0 Å². The Hall–Kier alpha value is -1.70. The second-order valence-electron chi connectivity index (χ2n) is 2.27. The maximum atomic E-state index is 10.1. The summed E-state index contributed by atoms with van der Waals surface area (Å²) in [5, 5.41) is 23.3. The maximum Gasteiger partial charge on any atom is 0.330 e. The summed E-state index contributed by atoms with van der Waals surface area (Å²) in [6, 6.07) is 0. The minimum absolute atomic E-state index is 0.0465. The van der Waals surface area contributed by atoms with E-state index in [4.69, 9.17) is 15.3 Å². The summed E-state index contributed by atoms with van der Waals surface area (Å²) in [7, 11) is 1.31. The van der Waals surface area contributed by atoms with Crippen LogP contribution in [0.4, 0.5) is 0 Å². The monoisotopic (exact) mass is 264 g/mol. The second kappa shape index (κ2) is 20.7. The van der Waals surface area contributed by atoms with Gasteiger partial charge in [-0.1, -0.05) is 13.2 Å². The molecule has 0 aromatic carbocycles. The third-order valence-corrected chi connectivity index (χ3v) is 0.970. The third kappa shape index (κ3) is 29.2. The van der Waals surface area contributed by atoms with Crippen molar-refractivity contribution in [2.75, 3.05) is 33.5 Å². The van der Waals surface area contributed by atoms with Gasteiger partial charge in [0.25, 0.3) is 0 Å². The SMILES string of the molecule is C=CC(=O)OC.C=CC(=O)OCCO.OCCO. The fourth-order valence-corrected chi connectivity index (χ4v) is 0.288. The molecule has 0 heterocycles. The van der Waals surface area contributed by atoms with Crippen molar-refractivity contribution in [2.45, 2.75) is 0 Å². The lowest BCUT2D eigenvalue weighted by Gasteiger charge is -1.94. The van der Waals surface area contributed by atoms with E-state index in [0.717, 1.165) is 12.2 Å². The Morgan fingerprint density at radius 3 is 1.61 bits per heavy atom. The summed E-state index contributed by atoms with van der Waals surface area (Å²) in [5.41, 5.74) is 0. The van der Waals surface area contributed by atoms with E-state index < -0.39 is 11.9 Å². The zero-order valence-corrected chi connectivity index (χ0v) is 10.4. The molecule has 0 fully saturated rings. The van der Waals surface area contributed by atoms with Crippen molar-refractivity contribution in [1.29, 1.82) is 0 Å². The number of esters is 2. The van der Waals surface area contributed by atoms with Crippen LogP contribution in [0.25, 0.3) is 0 Å². The first-order valence-electron chi connectivity index (χ1n) is 4.86. The summed E-state index contributed by atoms with van der Waals surface area (Å²) in [5.74, 6) is -0.894. The van der Waals surface area contributed by atoms with Gasteiger partial charge in [-0.2, -0.15) is 0 Å². The molecule has 0 aliphatic rings. The van der Waals surface area contributed by atoms with E-state index in [2.05, 4.69) is 22.6 Å². The van der Waals surface area contributed by atoms with Crippen LogP contribution in [0.1, 0.15) is 0 Å². The minimum Gasteiger partial charge on any atom is -0.466 e. The van der Waals surface area contributed by atoms with Crippen molar-refractivity contribution >= 4 is 11.9 Å². The molecule has 0 rings (SSSR count). The van der Waals surface area contributed by atoms with Gasteiger partial charge in [0.2, 0.25) is 0 Å². The second-order valence-corrected chi connectivity index (χ2v) is 2.27. The summed E-state index contributed by atoms with van der Waals surface area (Å²) in [4.78, 5) is 20.0. The molecule has 0 radical (unpaired) electrons. The van der Waals surface area contributed by atoms with Gasteiger partial charge in [-0.25, -0.2) is 9.59 Å². The predicted octanol–water partition coefficient (Wildman–Crippen LogP) is -0.976. The van der Waals surface area contributed by atoms with Crippen LogP contribution in [0.2, 0.25) is 0 Å². The van der Waals surface area contributed by atoms with Crippen molar-refractivity contribution in [3.8, 4) is 0 Å². The topological polar surface area (TPSA) is 113 Å². The molecule has 0 amide bonds. The predicted molar refractivity (Wildman–Crippen MR) is 64.6 cm³/mol. The van der Waals surface area contributed by atoms with Gasteiger partial charge in [-0.05, 0) is 0 Å². The van der Waals surface area contributed by atoms with Gasteiger partial charge >= 0.3 is 11.9 Å². The number of aliphatic hydroxyl groups is 3. The smallest absolute Gasteiger partial charge is 0.330 e. The maximum absolute atomic E-state index is 10.1. The molecular formula is C11H20O7. The summed E-state index contributed by atoms with van der Waals surface area (Å²) < 4.78 is 8.48. The van der Waals surface area contributed by atoms with E-state index in [1.54, 1.807) is 0 Å². The van der Waals surface area contributed by atoms with E-state index in [-0.39, 0.29) is 26.4 Å². The Morgan fingerprint density at radius 2 is 1.44 bits per heavy atom. The first-order chi connectivity index (χ1) is 8.53. The van der Waals surface area contributed by atoms with Crippen LogP contribution in [0.15, 0.2) is 25.3 Å². The summed E-state index contributed by atoms with van der Waals surface area (Å²) in [6.07, 6.45) is 2.16. The zero-order valence-electron chi connectivity index (χ0n) is 10.4. The van der Waals surface area contributed by atoms with Gasteiger partial charge in [0, 0.05) is 12.2 Å². The average molecular weight is 264 g/mol. The lowest BCUT2D eigenvalue weighted by atomic mass is 10.6. The van der Waals surface area contributed by atoms with E-state index in [1.807, 2.05) is 0 Å². The van der Waals surface area contributed by atoms with E-state index in [1.165, 1.54) is 7.11 Å². The molecular weight excluding hydrogens is 244 g/mol. The number of rotatable bonds is 5. The fourth-order valence-electron chi connectivity index (χ4n) is 0.288. The molecule has 7 heteroatoms. The fraction of sp³-hybridized carbons (Fsp3) is 0.455. The number of hydrogen-bond acceptors (Lipinski definition) is 7. The highest BCUT2D eigenvalue weighted by Crippen LogP contribution is 1.75. The Kier molecular flexibility index (Phi) is 24.8. The highest BCUT2D eigenvalue weighted by atomic mass is 16.5. The number of hydrogen-bond donors (Lipinski definition) is 3. The number of methoxy groups -OCH3 is 1. The standard InChI is InChI=1S/C5H8O3.C4H6O2.C2H6O2/c1-2-5(7)8-4-3-6;1-3-4(5)6-2;3-1-2-4/h2,6H,1,3-4H2;3H,1H2,2H3;3-4H,1-2H2. The third-order valence-electron chi connectivity index (χ3n) is 0.970. The van der Waals surface area contributed by atoms with Gasteiger partial charge in [0.05, 0.1) is 26.9 Å². The van der Waals surface area contributed by atoms with E-state index >= 15 is 0 Å². The molecule has 0 saturated heterocycles. The molecule has 0 unspecified atom stereocenters. The first-order valence-corrected chi connectivity index (χ1v) is 4.86. The van der Waals surface area contributed by atoms with Gasteiger partial charge in [0.1, 0.15) is 6.61 Å². The molecule has 3 N–H and O–H groups in total. The van der Waals surface area contributed by atoms with Gasteiger partial charge in [-0.15, -0.1) is 0 Å².